The second-order valence-corrected chi connectivity index (χ2v) is 4.79. The molecule has 6 heteroatoms. The van der Waals surface area contributed by atoms with E-state index in [1.807, 2.05) is 0 Å². The highest BCUT2D eigenvalue weighted by Gasteiger charge is 2.11. The van der Waals surface area contributed by atoms with Gasteiger partial charge in [0.15, 0.2) is 0 Å². The Balaban J connectivity index is 2.14. The van der Waals surface area contributed by atoms with Crippen LogP contribution in [0, 0.1) is 5.82 Å². The van der Waals surface area contributed by atoms with Crippen LogP contribution in [0.2, 0.25) is 0 Å². The number of halogens is 1. The molecule has 0 unspecified atom stereocenters. The zero-order valence-corrected chi connectivity index (χ0v) is 12.9. The van der Waals surface area contributed by atoms with E-state index in [-0.39, 0.29) is 17.6 Å². The average Bonchev–Trinajstić information content (AvgIpc) is 2.50. The molecule has 0 saturated heterocycles. The number of rotatable bonds is 5. The number of anilines is 2. The van der Waals surface area contributed by atoms with Gasteiger partial charge in [0.05, 0.1) is 12.3 Å². The summed E-state index contributed by atoms with van der Waals surface area (Å²) in [6, 6.07) is 10.4. The van der Waals surface area contributed by atoms with E-state index in [2.05, 4.69) is 10.6 Å². The fourth-order valence-corrected chi connectivity index (χ4v) is 1.98. The first kappa shape index (κ1) is 16.5. The summed E-state index contributed by atoms with van der Waals surface area (Å²) in [6.45, 7) is 3.54. The van der Waals surface area contributed by atoms with Crippen LogP contribution in [0.3, 0.4) is 0 Å². The molecule has 2 aromatic carbocycles. The third-order valence-corrected chi connectivity index (χ3v) is 2.96. The fourth-order valence-electron chi connectivity index (χ4n) is 1.98. The van der Waals surface area contributed by atoms with Gasteiger partial charge in [-0.1, -0.05) is 0 Å². The molecule has 23 heavy (non-hydrogen) atoms. The average molecular weight is 316 g/mol. The van der Waals surface area contributed by atoms with Crippen LogP contribution >= 0.6 is 0 Å². The predicted molar refractivity (Wildman–Crippen MR) is 86.3 cm³/mol. The highest BCUT2D eigenvalue weighted by atomic mass is 19.1. The van der Waals surface area contributed by atoms with Crippen molar-refractivity contribution in [1.29, 1.82) is 0 Å². The summed E-state index contributed by atoms with van der Waals surface area (Å²) in [7, 11) is 0. The summed E-state index contributed by atoms with van der Waals surface area (Å²) in [6.07, 6.45) is 0. The van der Waals surface area contributed by atoms with Crippen LogP contribution in [0.5, 0.6) is 5.75 Å². The lowest BCUT2D eigenvalue weighted by Crippen LogP contribution is -2.13. The molecule has 0 aliphatic heterocycles. The summed E-state index contributed by atoms with van der Waals surface area (Å²) in [5, 5.41) is 5.30. The molecule has 0 saturated carbocycles. The lowest BCUT2D eigenvalue weighted by Gasteiger charge is -2.12. The molecular formula is C17H17FN2O3. The van der Waals surface area contributed by atoms with E-state index < -0.39 is 5.82 Å². The summed E-state index contributed by atoms with van der Waals surface area (Å²) in [5.74, 6) is -0.705. The van der Waals surface area contributed by atoms with Crippen LogP contribution in [0.25, 0.3) is 0 Å². The van der Waals surface area contributed by atoms with Gasteiger partial charge in [-0.25, -0.2) is 4.39 Å². The minimum Gasteiger partial charge on any atom is -0.492 e. The summed E-state index contributed by atoms with van der Waals surface area (Å²) >= 11 is 0. The van der Waals surface area contributed by atoms with Crippen molar-refractivity contribution in [2.45, 2.75) is 13.8 Å². The Kier molecular flexibility index (Phi) is 5.30. The maximum atomic E-state index is 13.3. The molecule has 0 aliphatic carbocycles. The second kappa shape index (κ2) is 7.40. The van der Waals surface area contributed by atoms with E-state index in [1.54, 1.807) is 31.2 Å². The minimum atomic E-state index is -0.439. The van der Waals surface area contributed by atoms with Crippen molar-refractivity contribution >= 4 is 23.2 Å². The van der Waals surface area contributed by atoms with Crippen LogP contribution in [0.1, 0.15) is 24.2 Å². The normalized spacial score (nSPS) is 10.0. The Hall–Kier alpha value is -2.89. The Morgan fingerprint density at radius 2 is 1.78 bits per heavy atom. The largest absolute Gasteiger partial charge is 0.492 e. The van der Waals surface area contributed by atoms with Crippen molar-refractivity contribution in [1.82, 2.24) is 0 Å². The maximum Gasteiger partial charge on any atom is 0.255 e. The van der Waals surface area contributed by atoms with Crippen molar-refractivity contribution in [3.05, 3.63) is 53.8 Å². The number of benzene rings is 2. The van der Waals surface area contributed by atoms with Crippen molar-refractivity contribution in [3.8, 4) is 5.75 Å². The zero-order valence-electron chi connectivity index (χ0n) is 12.9. The summed E-state index contributed by atoms with van der Waals surface area (Å²) in [5.41, 5.74) is 1.40. The predicted octanol–water partition coefficient (Wildman–Crippen LogP) is 3.44. The minimum absolute atomic E-state index is 0.185. The molecule has 0 aliphatic rings. The van der Waals surface area contributed by atoms with E-state index in [9.17, 15) is 14.0 Å². The number of ether oxygens (including phenoxy) is 1. The highest BCUT2D eigenvalue weighted by molar-refractivity contribution is 6.05. The highest BCUT2D eigenvalue weighted by Crippen LogP contribution is 2.26. The first-order valence-corrected chi connectivity index (χ1v) is 7.11. The van der Waals surface area contributed by atoms with Crippen molar-refractivity contribution in [3.63, 3.8) is 0 Å². The molecule has 2 aromatic rings. The van der Waals surface area contributed by atoms with Crippen LogP contribution in [-0.4, -0.2) is 18.4 Å². The molecule has 2 rings (SSSR count). The van der Waals surface area contributed by atoms with Crippen LogP contribution in [0.4, 0.5) is 15.8 Å². The van der Waals surface area contributed by atoms with Crippen LogP contribution < -0.4 is 15.4 Å². The van der Waals surface area contributed by atoms with Gasteiger partial charge in [-0.3, -0.25) is 9.59 Å². The van der Waals surface area contributed by atoms with E-state index >= 15 is 0 Å². The third kappa shape index (κ3) is 4.54. The van der Waals surface area contributed by atoms with Gasteiger partial charge in [0, 0.05) is 24.2 Å². The molecule has 0 atom stereocenters. The maximum absolute atomic E-state index is 13.3. The van der Waals surface area contributed by atoms with Gasteiger partial charge in [0.25, 0.3) is 5.91 Å². The van der Waals surface area contributed by atoms with Crippen molar-refractivity contribution in [2.75, 3.05) is 17.2 Å². The van der Waals surface area contributed by atoms with Gasteiger partial charge in [-0.2, -0.15) is 0 Å². The Morgan fingerprint density at radius 3 is 2.39 bits per heavy atom. The van der Waals surface area contributed by atoms with Crippen LogP contribution in [0.15, 0.2) is 42.5 Å². The lowest BCUT2D eigenvalue weighted by atomic mass is 10.2. The van der Waals surface area contributed by atoms with Gasteiger partial charge in [-0.15, -0.1) is 0 Å². The SMILES string of the molecule is CCOc1cc(F)ccc1NC(=O)c1ccc(NC(C)=O)cc1. The monoisotopic (exact) mass is 316 g/mol. The second-order valence-electron chi connectivity index (χ2n) is 4.79. The molecule has 0 spiro atoms. The van der Waals surface area contributed by atoms with Gasteiger partial charge in [0.1, 0.15) is 11.6 Å². The first-order valence-electron chi connectivity index (χ1n) is 7.11. The zero-order chi connectivity index (χ0) is 16.8. The van der Waals surface area contributed by atoms with Gasteiger partial charge in [-0.05, 0) is 43.3 Å². The standard InChI is InChI=1S/C17H17FN2O3/c1-3-23-16-10-13(18)6-9-15(16)20-17(22)12-4-7-14(8-5-12)19-11(2)21/h4-10H,3H2,1-2H3,(H,19,21)(H,20,22). The van der Waals surface area contributed by atoms with Gasteiger partial charge >= 0.3 is 0 Å². The fraction of sp³-hybridized carbons (Fsp3) is 0.176. The number of hydrogen-bond donors (Lipinski definition) is 2. The van der Waals surface area contributed by atoms with E-state index in [1.165, 1.54) is 25.1 Å². The summed E-state index contributed by atoms with van der Waals surface area (Å²) in [4.78, 5) is 23.2. The Labute approximate surface area is 133 Å². The summed E-state index contributed by atoms with van der Waals surface area (Å²) < 4.78 is 18.6. The van der Waals surface area contributed by atoms with E-state index in [4.69, 9.17) is 4.74 Å². The number of amides is 2. The molecule has 0 radical (unpaired) electrons. The molecule has 0 fully saturated rings. The molecule has 2 N–H and O–H groups in total. The number of carbonyl (C=O) groups excluding carboxylic acids is 2. The molecule has 0 heterocycles. The molecule has 5 nitrogen and oxygen atoms in total. The lowest BCUT2D eigenvalue weighted by molar-refractivity contribution is -0.114. The molecule has 0 bridgehead atoms. The smallest absolute Gasteiger partial charge is 0.255 e. The number of hydrogen-bond acceptors (Lipinski definition) is 3. The topological polar surface area (TPSA) is 67.4 Å². The van der Waals surface area contributed by atoms with Gasteiger partial charge in [0.2, 0.25) is 5.91 Å². The quantitative estimate of drug-likeness (QED) is 0.888. The molecule has 2 amide bonds. The van der Waals surface area contributed by atoms with E-state index in [0.29, 0.717) is 23.5 Å². The molecule has 0 aromatic heterocycles. The number of nitrogens with one attached hydrogen (secondary N) is 2. The Morgan fingerprint density at radius 1 is 1.09 bits per heavy atom. The van der Waals surface area contributed by atoms with Gasteiger partial charge < -0.3 is 15.4 Å². The van der Waals surface area contributed by atoms with Crippen molar-refractivity contribution in [2.24, 2.45) is 0 Å². The number of carbonyl (C=O) groups is 2. The first-order chi connectivity index (χ1) is 11.0. The van der Waals surface area contributed by atoms with E-state index in [0.717, 1.165) is 0 Å². The molecular weight excluding hydrogens is 299 g/mol. The molecule has 120 valence electrons. The van der Waals surface area contributed by atoms with Crippen molar-refractivity contribution < 1.29 is 18.7 Å². The third-order valence-electron chi connectivity index (χ3n) is 2.96. The Bertz CT molecular complexity index is 714. The van der Waals surface area contributed by atoms with Crippen LogP contribution in [-0.2, 0) is 4.79 Å².